The van der Waals surface area contributed by atoms with Crippen LogP contribution in [0.1, 0.15) is 32.3 Å². The van der Waals surface area contributed by atoms with Gasteiger partial charge in [-0.15, -0.1) is 0 Å². The van der Waals surface area contributed by atoms with E-state index in [2.05, 4.69) is 15.2 Å². The highest BCUT2D eigenvalue weighted by Crippen LogP contribution is 2.16. The number of pyridine rings is 1. The average Bonchev–Trinajstić information content (AvgIpc) is 2.84. The Bertz CT molecular complexity index is 1220. The smallest absolute Gasteiger partial charge is 0.426 e. The van der Waals surface area contributed by atoms with Gasteiger partial charge in [-0.25, -0.2) is 18.2 Å². The van der Waals surface area contributed by atoms with Gasteiger partial charge in [-0.05, 0) is 48.9 Å². The molecular formula is C24H30BN3O6S. The number of benzene rings is 2. The van der Waals surface area contributed by atoms with Crippen molar-refractivity contribution < 1.29 is 28.1 Å². The number of aryl methyl sites for hydroxylation is 1. The molecule has 9 nitrogen and oxygen atoms in total. The van der Waals surface area contributed by atoms with E-state index in [0.29, 0.717) is 18.4 Å². The fraction of sp³-hybridized carbons (Fsp3) is 0.333. The second kappa shape index (κ2) is 12.2. The number of nitrogens with one attached hydrogen (secondary N) is 2. The van der Waals surface area contributed by atoms with Gasteiger partial charge in [-0.2, -0.15) is 10.2 Å². The molecular weight excluding hydrogens is 469 g/mol. The van der Waals surface area contributed by atoms with Gasteiger partial charge < -0.3 is 14.9 Å². The molecule has 1 aromatic heterocycles. The molecule has 0 radical (unpaired) electrons. The molecule has 186 valence electrons. The number of fused-ring (bicyclic) bond motifs is 1. The number of hydrogen-bond acceptors (Lipinski definition) is 8. The molecule has 0 unspecified atom stereocenters. The van der Waals surface area contributed by atoms with E-state index in [9.17, 15) is 23.3 Å². The number of hydroxylamine groups is 1. The van der Waals surface area contributed by atoms with Gasteiger partial charge in [0.15, 0.2) is 5.03 Å². The molecule has 0 aliphatic rings. The van der Waals surface area contributed by atoms with Crippen molar-refractivity contribution in [3.05, 3.63) is 72.3 Å². The fourth-order valence-corrected chi connectivity index (χ4v) is 4.74. The van der Waals surface area contributed by atoms with E-state index in [4.69, 9.17) is 4.84 Å². The minimum Gasteiger partial charge on any atom is -0.426 e. The van der Waals surface area contributed by atoms with Crippen molar-refractivity contribution in [3.63, 3.8) is 0 Å². The van der Waals surface area contributed by atoms with Crippen molar-refractivity contribution in [1.82, 2.24) is 15.2 Å². The molecule has 0 amide bonds. The standard InChI is InChI=1S/C24H30BN3O6S/c1-17(2)16-22(25(30)31)27-34-24(29)21(14-12-18-8-4-3-5-9-18)28-35(32,33)23-15-13-19-10-6-7-11-20(19)26-23/h3-11,13,15,17,21-22,27-28,30-31H,12,14,16H2,1-2H3/t21-,22-/m0/s1. The van der Waals surface area contributed by atoms with Gasteiger partial charge >= 0.3 is 13.1 Å². The summed E-state index contributed by atoms with van der Waals surface area (Å²) in [5.74, 6) is -1.72. The Morgan fingerprint density at radius 2 is 1.71 bits per heavy atom. The van der Waals surface area contributed by atoms with E-state index in [1.165, 1.54) is 6.07 Å². The molecule has 35 heavy (non-hydrogen) atoms. The summed E-state index contributed by atoms with van der Waals surface area (Å²) in [4.78, 5) is 22.2. The van der Waals surface area contributed by atoms with Gasteiger partial charge in [0.1, 0.15) is 6.04 Å². The van der Waals surface area contributed by atoms with E-state index >= 15 is 0 Å². The molecule has 0 aliphatic carbocycles. The van der Waals surface area contributed by atoms with Crippen molar-refractivity contribution in [2.24, 2.45) is 5.92 Å². The van der Waals surface area contributed by atoms with Crippen molar-refractivity contribution in [3.8, 4) is 0 Å². The molecule has 3 aromatic rings. The summed E-state index contributed by atoms with van der Waals surface area (Å²) in [5.41, 5.74) is 3.81. The van der Waals surface area contributed by atoms with Crippen LogP contribution < -0.4 is 10.2 Å². The third-order valence-corrected chi connectivity index (χ3v) is 6.76. The number of carbonyl (C=O) groups is 1. The lowest BCUT2D eigenvalue weighted by molar-refractivity contribution is -0.154. The Hall–Kier alpha value is -2.83. The first-order valence-electron chi connectivity index (χ1n) is 11.4. The van der Waals surface area contributed by atoms with Gasteiger partial charge in [-0.1, -0.05) is 62.4 Å². The van der Waals surface area contributed by atoms with Gasteiger partial charge in [0.05, 0.1) is 11.5 Å². The Labute approximate surface area is 205 Å². The van der Waals surface area contributed by atoms with Crippen LogP contribution in [0, 0.1) is 5.92 Å². The second-order valence-electron chi connectivity index (χ2n) is 8.73. The molecule has 2 atom stereocenters. The van der Waals surface area contributed by atoms with Crippen LogP contribution in [-0.2, 0) is 26.1 Å². The fourth-order valence-electron chi connectivity index (χ4n) is 3.57. The molecule has 3 rings (SSSR count). The molecule has 4 N–H and O–H groups in total. The first kappa shape index (κ1) is 26.8. The summed E-state index contributed by atoms with van der Waals surface area (Å²) >= 11 is 0. The summed E-state index contributed by atoms with van der Waals surface area (Å²) in [6, 6.07) is 18.2. The molecule has 0 fully saturated rings. The van der Waals surface area contributed by atoms with Crippen molar-refractivity contribution >= 4 is 34.0 Å². The van der Waals surface area contributed by atoms with E-state index in [-0.39, 0.29) is 17.4 Å². The van der Waals surface area contributed by atoms with Crippen molar-refractivity contribution in [2.75, 3.05) is 0 Å². The predicted molar refractivity (Wildman–Crippen MR) is 133 cm³/mol. The first-order chi connectivity index (χ1) is 16.7. The SMILES string of the molecule is CC(C)C[C@H](NOC(=O)[C@H](CCc1ccccc1)NS(=O)(=O)c1ccc2ccccc2n1)B(O)O. The topological polar surface area (TPSA) is 138 Å². The summed E-state index contributed by atoms with van der Waals surface area (Å²) < 4.78 is 28.6. The number of hydrogen-bond donors (Lipinski definition) is 4. The Kier molecular flexibility index (Phi) is 9.36. The number of carbonyl (C=O) groups excluding carboxylic acids is 1. The van der Waals surface area contributed by atoms with Crippen LogP contribution in [0.2, 0.25) is 0 Å². The van der Waals surface area contributed by atoms with Crippen LogP contribution in [0.4, 0.5) is 0 Å². The zero-order chi connectivity index (χ0) is 25.4. The Balaban J connectivity index is 1.78. The molecule has 0 spiro atoms. The number of rotatable bonds is 12. The minimum absolute atomic E-state index is 0.0966. The summed E-state index contributed by atoms with van der Waals surface area (Å²) in [7, 11) is -5.92. The summed E-state index contributed by atoms with van der Waals surface area (Å²) in [6.07, 6.45) is 0.854. The number of aromatic nitrogens is 1. The summed E-state index contributed by atoms with van der Waals surface area (Å²) in [6.45, 7) is 3.76. The van der Waals surface area contributed by atoms with Crippen LogP contribution in [0.5, 0.6) is 0 Å². The zero-order valence-electron chi connectivity index (χ0n) is 19.7. The quantitative estimate of drug-likeness (QED) is 0.219. The summed E-state index contributed by atoms with van der Waals surface area (Å²) in [5, 5.41) is 19.7. The van der Waals surface area contributed by atoms with Gasteiger partial charge in [0, 0.05) is 5.39 Å². The minimum atomic E-state index is -4.16. The Morgan fingerprint density at radius 1 is 1.03 bits per heavy atom. The van der Waals surface area contributed by atoms with Crippen LogP contribution in [0.25, 0.3) is 10.9 Å². The monoisotopic (exact) mass is 499 g/mol. The van der Waals surface area contributed by atoms with Crippen LogP contribution in [-0.4, -0.2) is 48.5 Å². The Morgan fingerprint density at radius 3 is 2.40 bits per heavy atom. The van der Waals surface area contributed by atoms with Gasteiger partial charge in [0.25, 0.3) is 10.0 Å². The maximum Gasteiger partial charge on any atom is 0.473 e. The maximum absolute atomic E-state index is 13.1. The zero-order valence-corrected chi connectivity index (χ0v) is 20.5. The lowest BCUT2D eigenvalue weighted by atomic mass is 9.76. The normalized spacial score (nSPS) is 13.5. The maximum atomic E-state index is 13.1. The highest BCUT2D eigenvalue weighted by atomic mass is 32.2. The second-order valence-corrected chi connectivity index (χ2v) is 10.4. The van der Waals surface area contributed by atoms with Crippen molar-refractivity contribution in [2.45, 2.75) is 50.1 Å². The first-order valence-corrected chi connectivity index (χ1v) is 12.9. The van der Waals surface area contributed by atoms with Gasteiger partial charge in [-0.3, -0.25) is 0 Å². The van der Waals surface area contributed by atoms with Crippen molar-refractivity contribution in [1.29, 1.82) is 0 Å². The average molecular weight is 499 g/mol. The predicted octanol–water partition coefficient (Wildman–Crippen LogP) is 1.99. The lowest BCUT2D eigenvalue weighted by Crippen LogP contribution is -2.49. The van der Waals surface area contributed by atoms with E-state index in [1.54, 1.807) is 18.2 Å². The third-order valence-electron chi connectivity index (χ3n) is 5.39. The third kappa shape index (κ3) is 7.84. The van der Waals surface area contributed by atoms with E-state index in [0.717, 1.165) is 10.9 Å². The van der Waals surface area contributed by atoms with E-state index in [1.807, 2.05) is 56.3 Å². The molecule has 1 heterocycles. The molecule has 0 saturated carbocycles. The molecule has 11 heteroatoms. The highest BCUT2D eigenvalue weighted by Gasteiger charge is 2.31. The molecule has 0 bridgehead atoms. The van der Waals surface area contributed by atoms with E-state index < -0.39 is 35.1 Å². The number of sulfonamides is 1. The molecule has 0 aliphatic heterocycles. The highest BCUT2D eigenvalue weighted by molar-refractivity contribution is 7.89. The number of nitrogens with zero attached hydrogens (tertiary/aromatic N) is 1. The van der Waals surface area contributed by atoms with Gasteiger partial charge in [0.2, 0.25) is 0 Å². The molecule has 0 saturated heterocycles. The molecule has 2 aromatic carbocycles. The lowest BCUT2D eigenvalue weighted by Gasteiger charge is -2.22. The number of para-hydroxylation sites is 1. The van der Waals surface area contributed by atoms with Crippen LogP contribution in [0.15, 0.2) is 71.8 Å². The largest absolute Gasteiger partial charge is 0.473 e. The van der Waals surface area contributed by atoms with Crippen LogP contribution >= 0.6 is 0 Å². The van der Waals surface area contributed by atoms with Crippen LogP contribution in [0.3, 0.4) is 0 Å².